The summed E-state index contributed by atoms with van der Waals surface area (Å²) in [4.78, 5) is 12.5. The summed E-state index contributed by atoms with van der Waals surface area (Å²) in [5, 5.41) is 15.2. The van der Waals surface area contributed by atoms with Crippen LogP contribution in [0.1, 0.15) is 27.7 Å². The van der Waals surface area contributed by atoms with Crippen molar-refractivity contribution < 1.29 is 9.53 Å². The second-order valence-electron chi connectivity index (χ2n) is 6.14. The van der Waals surface area contributed by atoms with Crippen molar-refractivity contribution in [3.8, 4) is 5.75 Å². The molecule has 1 atom stereocenters. The Morgan fingerprint density at radius 3 is 2.75 bits per heavy atom. The number of aromatic nitrogens is 4. The van der Waals surface area contributed by atoms with Crippen molar-refractivity contribution in [1.29, 1.82) is 0 Å². The van der Waals surface area contributed by atoms with Crippen molar-refractivity contribution in [2.45, 2.75) is 43.6 Å². The number of amides is 1. The first-order chi connectivity index (χ1) is 11.2. The van der Waals surface area contributed by atoms with Gasteiger partial charge < -0.3 is 10.1 Å². The molecule has 7 nitrogen and oxygen atoms in total. The van der Waals surface area contributed by atoms with Gasteiger partial charge in [0.05, 0.1) is 23.6 Å². The Morgan fingerprint density at radius 2 is 2.12 bits per heavy atom. The monoisotopic (exact) mass is 369 g/mol. The molecule has 0 radical (unpaired) electrons. The number of anilines is 1. The molecule has 0 spiro atoms. The summed E-state index contributed by atoms with van der Waals surface area (Å²) in [5.74, 6) is 0.355. The minimum atomic E-state index is -0.402. The van der Waals surface area contributed by atoms with Crippen molar-refractivity contribution in [2.75, 3.05) is 12.4 Å². The van der Waals surface area contributed by atoms with Crippen LogP contribution in [0, 0.1) is 0 Å². The van der Waals surface area contributed by atoms with Gasteiger partial charge in [0.25, 0.3) is 0 Å². The number of hydrogen-bond donors (Lipinski definition) is 1. The van der Waals surface area contributed by atoms with E-state index in [1.54, 1.807) is 29.8 Å². The number of ether oxygens (including phenoxy) is 1. The van der Waals surface area contributed by atoms with Crippen LogP contribution in [0.3, 0.4) is 0 Å². The van der Waals surface area contributed by atoms with E-state index in [1.807, 2.05) is 20.8 Å². The van der Waals surface area contributed by atoms with Crippen LogP contribution in [0.25, 0.3) is 0 Å². The lowest BCUT2D eigenvalue weighted by Gasteiger charge is -2.20. The smallest absolute Gasteiger partial charge is 0.237 e. The minimum absolute atomic E-state index is 0.191. The molecule has 1 N–H and O–H groups in total. The van der Waals surface area contributed by atoms with E-state index in [0.29, 0.717) is 21.6 Å². The molecule has 24 heavy (non-hydrogen) atoms. The molecule has 2 aromatic rings. The van der Waals surface area contributed by atoms with Crippen molar-refractivity contribution in [1.82, 2.24) is 20.2 Å². The first-order valence-electron chi connectivity index (χ1n) is 7.32. The molecule has 0 fully saturated rings. The van der Waals surface area contributed by atoms with Crippen LogP contribution in [0.5, 0.6) is 5.75 Å². The van der Waals surface area contributed by atoms with Gasteiger partial charge in [0, 0.05) is 5.02 Å². The summed E-state index contributed by atoms with van der Waals surface area (Å²) in [6.45, 7) is 7.78. The van der Waals surface area contributed by atoms with Gasteiger partial charge in [-0.15, -0.1) is 5.10 Å². The Hall–Kier alpha value is -1.80. The number of rotatable bonds is 5. The third kappa shape index (κ3) is 4.39. The normalized spacial score (nSPS) is 12.8. The van der Waals surface area contributed by atoms with Gasteiger partial charge in [-0.25, -0.2) is 4.68 Å². The van der Waals surface area contributed by atoms with E-state index in [4.69, 9.17) is 16.3 Å². The maximum absolute atomic E-state index is 12.5. The van der Waals surface area contributed by atoms with Crippen molar-refractivity contribution >= 4 is 35.0 Å². The highest BCUT2D eigenvalue weighted by atomic mass is 35.5. The number of nitrogens with one attached hydrogen (secondary N) is 1. The van der Waals surface area contributed by atoms with Crippen LogP contribution in [0.2, 0.25) is 5.02 Å². The highest BCUT2D eigenvalue weighted by Crippen LogP contribution is 2.30. The number of tetrazole rings is 1. The standard InChI is InChI=1S/C15H20ClN5O2S/c1-9(24-14-18-19-20-21(14)15(2,3)4)13(22)17-11-8-10(16)6-7-12(11)23-5/h6-9H,1-5H3,(H,17,22). The lowest BCUT2D eigenvalue weighted by molar-refractivity contribution is -0.115. The molecule has 1 unspecified atom stereocenters. The molecule has 1 heterocycles. The molecule has 1 aromatic carbocycles. The highest BCUT2D eigenvalue weighted by molar-refractivity contribution is 8.00. The fraction of sp³-hybridized carbons (Fsp3) is 0.467. The van der Waals surface area contributed by atoms with E-state index < -0.39 is 5.25 Å². The molecular weight excluding hydrogens is 350 g/mol. The quantitative estimate of drug-likeness (QED) is 0.815. The average molecular weight is 370 g/mol. The number of hydrogen-bond acceptors (Lipinski definition) is 6. The Labute approximate surface area is 150 Å². The Morgan fingerprint density at radius 1 is 1.42 bits per heavy atom. The van der Waals surface area contributed by atoms with Gasteiger partial charge in [-0.2, -0.15) is 0 Å². The van der Waals surface area contributed by atoms with E-state index >= 15 is 0 Å². The summed E-state index contributed by atoms with van der Waals surface area (Å²) >= 11 is 7.27. The van der Waals surface area contributed by atoms with Gasteiger partial charge in [0.1, 0.15) is 5.75 Å². The van der Waals surface area contributed by atoms with E-state index in [0.717, 1.165) is 0 Å². The summed E-state index contributed by atoms with van der Waals surface area (Å²) in [6.07, 6.45) is 0. The van der Waals surface area contributed by atoms with Crippen LogP contribution < -0.4 is 10.1 Å². The second kappa shape index (κ2) is 7.40. The second-order valence-corrected chi connectivity index (χ2v) is 7.88. The Balaban J connectivity index is 2.11. The summed E-state index contributed by atoms with van der Waals surface area (Å²) < 4.78 is 6.93. The molecule has 0 bridgehead atoms. The summed E-state index contributed by atoms with van der Waals surface area (Å²) in [5.41, 5.74) is 0.260. The first kappa shape index (κ1) is 18.5. The summed E-state index contributed by atoms with van der Waals surface area (Å²) in [7, 11) is 1.54. The summed E-state index contributed by atoms with van der Waals surface area (Å²) in [6, 6.07) is 5.05. The third-order valence-corrected chi connectivity index (χ3v) is 4.42. The van der Waals surface area contributed by atoms with Gasteiger partial charge in [-0.05, 0) is 56.3 Å². The number of carbonyl (C=O) groups is 1. The molecule has 1 aromatic heterocycles. The van der Waals surface area contributed by atoms with Gasteiger partial charge in [-0.3, -0.25) is 4.79 Å². The van der Waals surface area contributed by atoms with Gasteiger partial charge in [0.15, 0.2) is 0 Å². The molecular formula is C15H20ClN5O2S. The number of carbonyl (C=O) groups excluding carboxylic acids is 1. The zero-order chi connectivity index (χ0) is 17.9. The predicted octanol–water partition coefficient (Wildman–Crippen LogP) is 3.21. The van der Waals surface area contributed by atoms with Crippen LogP contribution in [-0.4, -0.2) is 38.5 Å². The van der Waals surface area contributed by atoms with E-state index in [1.165, 1.54) is 18.9 Å². The maximum atomic E-state index is 12.5. The molecule has 0 aliphatic rings. The molecule has 9 heteroatoms. The van der Waals surface area contributed by atoms with E-state index in [9.17, 15) is 4.79 Å². The van der Waals surface area contributed by atoms with Gasteiger partial charge in [-0.1, -0.05) is 23.4 Å². The molecule has 0 aliphatic heterocycles. The van der Waals surface area contributed by atoms with Crippen LogP contribution in [0.4, 0.5) is 5.69 Å². The lowest BCUT2D eigenvalue weighted by atomic mass is 10.1. The average Bonchev–Trinajstić information content (AvgIpc) is 2.95. The number of nitrogens with zero attached hydrogens (tertiary/aromatic N) is 4. The van der Waals surface area contributed by atoms with E-state index in [2.05, 4.69) is 20.8 Å². The number of thioether (sulfide) groups is 1. The third-order valence-electron chi connectivity index (χ3n) is 3.15. The Bertz CT molecular complexity index is 729. The molecule has 0 aliphatic carbocycles. The largest absolute Gasteiger partial charge is 0.495 e. The van der Waals surface area contributed by atoms with Crippen molar-refractivity contribution in [2.24, 2.45) is 0 Å². The van der Waals surface area contributed by atoms with Crippen LogP contribution in [0.15, 0.2) is 23.4 Å². The van der Waals surface area contributed by atoms with Gasteiger partial charge in [0.2, 0.25) is 11.1 Å². The van der Waals surface area contributed by atoms with Crippen molar-refractivity contribution in [3.05, 3.63) is 23.2 Å². The molecule has 130 valence electrons. The number of halogens is 1. The van der Waals surface area contributed by atoms with Crippen LogP contribution >= 0.6 is 23.4 Å². The number of benzene rings is 1. The molecule has 0 saturated heterocycles. The molecule has 2 rings (SSSR count). The zero-order valence-corrected chi connectivity index (χ0v) is 15.8. The predicted molar refractivity (Wildman–Crippen MR) is 94.8 cm³/mol. The van der Waals surface area contributed by atoms with Crippen LogP contribution in [-0.2, 0) is 10.3 Å². The van der Waals surface area contributed by atoms with Gasteiger partial charge >= 0.3 is 0 Å². The fourth-order valence-corrected chi connectivity index (χ4v) is 3.05. The topological polar surface area (TPSA) is 81.9 Å². The minimum Gasteiger partial charge on any atom is -0.495 e. The maximum Gasteiger partial charge on any atom is 0.237 e. The zero-order valence-electron chi connectivity index (χ0n) is 14.2. The van der Waals surface area contributed by atoms with E-state index in [-0.39, 0.29) is 11.4 Å². The SMILES string of the molecule is COc1ccc(Cl)cc1NC(=O)C(C)Sc1nnnn1C(C)(C)C. The molecule has 1 amide bonds. The molecule has 0 saturated carbocycles. The lowest BCUT2D eigenvalue weighted by Crippen LogP contribution is -2.27. The Kier molecular flexibility index (Phi) is 5.71. The van der Waals surface area contributed by atoms with Crippen molar-refractivity contribution in [3.63, 3.8) is 0 Å². The highest BCUT2D eigenvalue weighted by Gasteiger charge is 2.24. The fourth-order valence-electron chi connectivity index (χ4n) is 1.90. The number of methoxy groups -OCH3 is 1. The first-order valence-corrected chi connectivity index (χ1v) is 8.58.